The molecule has 1 heterocycles. The summed E-state index contributed by atoms with van der Waals surface area (Å²) in [6.45, 7) is -0.907. The SMILES string of the molecule is CC1=C(Cl)[C@H](C(F)(F)C(F)(F)C(F)(F)C(F)(F)[C@@](C)(F)C(F)(F)C(F)(F)C(F)(F)F)NN1. The molecule has 1 aliphatic heterocycles. The van der Waals surface area contributed by atoms with Gasteiger partial charge < -0.3 is 5.43 Å². The van der Waals surface area contributed by atoms with Crippen molar-refractivity contribution in [3.05, 3.63) is 10.7 Å². The highest BCUT2D eigenvalue weighted by Crippen LogP contribution is 2.63. The Labute approximate surface area is 171 Å². The number of allylic oxidation sites excluding steroid dienone is 1. The van der Waals surface area contributed by atoms with Crippen LogP contribution in [-0.2, 0) is 0 Å². The molecule has 1 rings (SSSR count). The number of hydrazine groups is 1. The molecule has 2 atom stereocenters. The van der Waals surface area contributed by atoms with E-state index in [2.05, 4.69) is 0 Å². The Hall–Kier alpha value is -1.33. The van der Waals surface area contributed by atoms with Gasteiger partial charge >= 0.3 is 41.7 Å². The first-order valence-electron chi connectivity index (χ1n) is 7.58. The molecule has 0 spiro atoms. The van der Waals surface area contributed by atoms with Crippen LogP contribution in [0.5, 0.6) is 0 Å². The summed E-state index contributed by atoms with van der Waals surface area (Å²) in [5.41, 5.74) is -5.01. The van der Waals surface area contributed by atoms with Gasteiger partial charge in [-0.05, 0) is 13.8 Å². The molecule has 0 aromatic rings. The average molecular weight is 533 g/mol. The second-order valence-electron chi connectivity index (χ2n) is 6.67. The lowest BCUT2D eigenvalue weighted by atomic mass is 9.80. The summed E-state index contributed by atoms with van der Waals surface area (Å²) in [6, 6.07) is -3.45. The van der Waals surface area contributed by atoms with Gasteiger partial charge in [-0.15, -0.1) is 0 Å². The van der Waals surface area contributed by atoms with Crippen LogP contribution >= 0.6 is 11.6 Å². The fraction of sp³-hybridized carbons (Fsp3) is 0.846. The van der Waals surface area contributed by atoms with Crippen LogP contribution < -0.4 is 10.9 Å². The van der Waals surface area contributed by atoms with Gasteiger partial charge in [0.2, 0.25) is 5.67 Å². The average Bonchev–Trinajstić information content (AvgIpc) is 2.92. The van der Waals surface area contributed by atoms with Crippen LogP contribution in [0.15, 0.2) is 10.7 Å². The van der Waals surface area contributed by atoms with Crippen LogP contribution in [0.1, 0.15) is 13.8 Å². The Kier molecular flexibility index (Phi) is 6.58. The minimum Gasteiger partial charge on any atom is -0.324 e. The fourth-order valence-corrected chi connectivity index (χ4v) is 2.56. The van der Waals surface area contributed by atoms with Crippen molar-refractivity contribution in [1.29, 1.82) is 0 Å². The maximum Gasteiger partial charge on any atom is 0.460 e. The lowest BCUT2D eigenvalue weighted by molar-refractivity contribution is -0.435. The normalized spacial score (nSPS) is 22.2. The van der Waals surface area contributed by atoms with Gasteiger partial charge in [-0.25, -0.2) is 9.82 Å². The maximum atomic E-state index is 14.0. The highest BCUT2D eigenvalue weighted by atomic mass is 35.5. The number of rotatable bonds is 7. The summed E-state index contributed by atoms with van der Waals surface area (Å²) in [5, 5.41) is -1.41. The van der Waals surface area contributed by atoms with Crippen molar-refractivity contribution in [3.63, 3.8) is 0 Å². The molecule has 0 saturated heterocycles. The first-order valence-corrected chi connectivity index (χ1v) is 7.96. The summed E-state index contributed by atoms with van der Waals surface area (Å²) in [5.74, 6) is -45.6. The third-order valence-corrected chi connectivity index (χ3v) is 5.02. The monoisotopic (exact) mass is 532 g/mol. The van der Waals surface area contributed by atoms with Crippen molar-refractivity contribution >= 4 is 11.6 Å². The van der Waals surface area contributed by atoms with Crippen LogP contribution in [0.4, 0.5) is 70.2 Å². The molecule has 32 heavy (non-hydrogen) atoms. The lowest BCUT2D eigenvalue weighted by Crippen LogP contribution is -2.76. The maximum absolute atomic E-state index is 14.0. The van der Waals surface area contributed by atoms with Gasteiger partial charge in [0.25, 0.3) is 0 Å². The summed E-state index contributed by atoms with van der Waals surface area (Å²) < 4.78 is 215. The zero-order valence-electron chi connectivity index (χ0n) is 15.0. The first-order chi connectivity index (χ1) is 13.7. The lowest BCUT2D eigenvalue weighted by Gasteiger charge is -2.45. The molecule has 190 valence electrons. The van der Waals surface area contributed by atoms with E-state index in [-0.39, 0.29) is 0 Å². The van der Waals surface area contributed by atoms with E-state index in [4.69, 9.17) is 11.6 Å². The molecule has 0 unspecified atom stereocenters. The molecule has 0 aromatic heterocycles. The van der Waals surface area contributed by atoms with Gasteiger partial charge in [-0.1, -0.05) is 11.6 Å². The summed E-state index contributed by atoms with van der Waals surface area (Å²) in [7, 11) is 0. The van der Waals surface area contributed by atoms with Gasteiger partial charge in [0.1, 0.15) is 6.04 Å². The van der Waals surface area contributed by atoms with E-state index in [0.717, 1.165) is 12.3 Å². The minimum atomic E-state index is -7.98. The third-order valence-electron chi connectivity index (χ3n) is 4.52. The van der Waals surface area contributed by atoms with Crippen molar-refractivity contribution in [2.24, 2.45) is 0 Å². The molecule has 0 saturated carbocycles. The van der Waals surface area contributed by atoms with E-state index < -0.39 is 71.1 Å². The number of hydrogen-bond acceptors (Lipinski definition) is 2. The van der Waals surface area contributed by atoms with Gasteiger partial charge in [-0.2, -0.15) is 65.9 Å². The molecule has 2 N–H and O–H groups in total. The van der Waals surface area contributed by atoms with E-state index in [9.17, 15) is 70.2 Å². The fourth-order valence-electron chi connectivity index (χ4n) is 2.32. The van der Waals surface area contributed by atoms with Crippen LogP contribution in [0, 0.1) is 0 Å². The largest absolute Gasteiger partial charge is 0.460 e. The Morgan fingerprint density at radius 2 is 1.00 bits per heavy atom. The molecule has 0 aliphatic carbocycles. The van der Waals surface area contributed by atoms with Crippen LogP contribution in [0.25, 0.3) is 0 Å². The van der Waals surface area contributed by atoms with Gasteiger partial charge in [0.15, 0.2) is 0 Å². The van der Waals surface area contributed by atoms with Gasteiger partial charge in [0.05, 0.1) is 5.03 Å². The number of alkyl halides is 16. The predicted molar refractivity (Wildman–Crippen MR) is 73.9 cm³/mol. The molecule has 0 fully saturated rings. The van der Waals surface area contributed by atoms with Crippen molar-refractivity contribution in [1.82, 2.24) is 10.9 Å². The Bertz CT molecular complexity index is 768. The molecule has 0 amide bonds. The van der Waals surface area contributed by atoms with Crippen LogP contribution in [0.2, 0.25) is 0 Å². The number of nitrogens with one attached hydrogen (secondary N) is 2. The standard InChI is InChI=1S/C13H9ClF16N2/c1-3-4(14)5(32-31-3)7(16,17)10(22,23)11(24,25)8(18,19)6(2,15)9(20,21)12(26,27)13(28,29)30/h5,31-32H,1-2H3/t5-,6-/m1/s1. The number of hydrogen-bond donors (Lipinski definition) is 2. The smallest absolute Gasteiger partial charge is 0.324 e. The van der Waals surface area contributed by atoms with Crippen LogP contribution in [-0.4, -0.2) is 53.4 Å². The second-order valence-corrected chi connectivity index (χ2v) is 7.08. The number of halogens is 17. The quantitative estimate of drug-likeness (QED) is 0.391. The van der Waals surface area contributed by atoms with Crippen molar-refractivity contribution in [3.8, 4) is 0 Å². The highest BCUT2D eigenvalue weighted by Gasteiger charge is 2.93. The Morgan fingerprint density at radius 1 is 0.625 bits per heavy atom. The zero-order chi connectivity index (χ0) is 26.1. The summed E-state index contributed by atoms with van der Waals surface area (Å²) in [4.78, 5) is 0. The van der Waals surface area contributed by atoms with E-state index in [1.165, 1.54) is 0 Å². The topological polar surface area (TPSA) is 24.1 Å². The van der Waals surface area contributed by atoms with Gasteiger partial charge in [0, 0.05) is 5.70 Å². The first kappa shape index (κ1) is 28.7. The second kappa shape index (κ2) is 7.33. The van der Waals surface area contributed by atoms with Crippen molar-refractivity contribution in [2.45, 2.75) is 67.3 Å². The molecule has 2 nitrogen and oxygen atoms in total. The van der Waals surface area contributed by atoms with Crippen molar-refractivity contribution in [2.75, 3.05) is 0 Å². The van der Waals surface area contributed by atoms with Crippen molar-refractivity contribution < 1.29 is 70.2 Å². The summed E-state index contributed by atoms with van der Waals surface area (Å²) >= 11 is 5.15. The van der Waals surface area contributed by atoms with E-state index in [1.54, 1.807) is 5.43 Å². The molecule has 0 radical (unpaired) electrons. The highest BCUT2D eigenvalue weighted by molar-refractivity contribution is 6.30. The molecule has 0 bridgehead atoms. The van der Waals surface area contributed by atoms with E-state index in [1.807, 2.05) is 0 Å². The molecule has 0 aromatic carbocycles. The van der Waals surface area contributed by atoms with E-state index >= 15 is 0 Å². The predicted octanol–water partition coefficient (Wildman–Crippen LogP) is 6.04. The third kappa shape index (κ3) is 3.37. The van der Waals surface area contributed by atoms with Crippen LogP contribution in [0.3, 0.4) is 0 Å². The molecule has 19 heteroatoms. The molecular formula is C13H9ClF16N2. The minimum absolute atomic E-state index is 0.631. The Morgan fingerprint density at radius 3 is 1.31 bits per heavy atom. The van der Waals surface area contributed by atoms with E-state index in [0.29, 0.717) is 0 Å². The Balaban J connectivity index is 3.66. The zero-order valence-corrected chi connectivity index (χ0v) is 15.8. The molecular weight excluding hydrogens is 524 g/mol. The van der Waals surface area contributed by atoms with Gasteiger partial charge in [-0.3, -0.25) is 0 Å². The summed E-state index contributed by atoms with van der Waals surface area (Å²) in [6.07, 6.45) is -7.54. The molecule has 1 aliphatic rings.